The molecular formula is C18H23N5OS. The highest BCUT2D eigenvalue weighted by atomic mass is 32.1. The summed E-state index contributed by atoms with van der Waals surface area (Å²) in [7, 11) is 3.96. The van der Waals surface area contributed by atoms with E-state index in [2.05, 4.69) is 10.4 Å². The molecule has 132 valence electrons. The van der Waals surface area contributed by atoms with Crippen LogP contribution < -0.4 is 5.32 Å². The molecule has 1 aliphatic heterocycles. The summed E-state index contributed by atoms with van der Waals surface area (Å²) in [6, 6.07) is 9.46. The molecule has 0 unspecified atom stereocenters. The average molecular weight is 357 g/mol. The Morgan fingerprint density at radius 3 is 2.56 bits per heavy atom. The van der Waals surface area contributed by atoms with Crippen LogP contribution in [0.2, 0.25) is 0 Å². The Hall–Kier alpha value is -2.25. The van der Waals surface area contributed by atoms with E-state index in [4.69, 9.17) is 12.2 Å². The van der Waals surface area contributed by atoms with E-state index in [0.717, 1.165) is 29.2 Å². The van der Waals surface area contributed by atoms with Gasteiger partial charge >= 0.3 is 0 Å². The number of para-hydroxylation sites is 1. The number of benzene rings is 1. The molecule has 1 saturated heterocycles. The van der Waals surface area contributed by atoms with Gasteiger partial charge in [-0.1, -0.05) is 18.2 Å². The molecule has 2 aromatic rings. The lowest BCUT2D eigenvalue weighted by atomic mass is 10.0. The molecule has 1 amide bonds. The van der Waals surface area contributed by atoms with E-state index in [1.165, 1.54) is 0 Å². The number of carbonyl (C=O) groups excluding carboxylic acids is 1. The van der Waals surface area contributed by atoms with Gasteiger partial charge in [-0.2, -0.15) is 5.10 Å². The Balaban J connectivity index is 1.91. The van der Waals surface area contributed by atoms with Gasteiger partial charge in [0.1, 0.15) is 6.04 Å². The van der Waals surface area contributed by atoms with Gasteiger partial charge in [0.25, 0.3) is 5.91 Å². The summed E-state index contributed by atoms with van der Waals surface area (Å²) < 4.78 is 1.88. The molecule has 1 atom stereocenters. The third-order valence-corrected chi connectivity index (χ3v) is 4.77. The van der Waals surface area contributed by atoms with Gasteiger partial charge in [-0.15, -0.1) is 0 Å². The highest BCUT2D eigenvalue weighted by Crippen LogP contribution is 2.28. The second-order valence-corrected chi connectivity index (χ2v) is 6.89. The summed E-state index contributed by atoms with van der Waals surface area (Å²) >= 11 is 5.38. The first-order valence-corrected chi connectivity index (χ1v) is 8.69. The number of thiocarbonyl (C=S) groups is 1. The minimum absolute atomic E-state index is 0.00865. The number of carbonyl (C=O) groups is 1. The van der Waals surface area contributed by atoms with Crippen LogP contribution in [-0.2, 0) is 4.79 Å². The zero-order chi connectivity index (χ0) is 18.1. The van der Waals surface area contributed by atoms with Gasteiger partial charge in [0.2, 0.25) is 0 Å². The zero-order valence-corrected chi connectivity index (χ0v) is 15.8. The van der Waals surface area contributed by atoms with Crippen LogP contribution in [0.4, 0.5) is 0 Å². The Morgan fingerprint density at radius 1 is 1.24 bits per heavy atom. The van der Waals surface area contributed by atoms with Gasteiger partial charge in [-0.05, 0) is 52.3 Å². The van der Waals surface area contributed by atoms with Gasteiger partial charge < -0.3 is 10.2 Å². The Morgan fingerprint density at radius 2 is 1.92 bits per heavy atom. The summed E-state index contributed by atoms with van der Waals surface area (Å²) in [5.41, 5.74) is 3.67. The molecule has 0 saturated carbocycles. The molecule has 6 nitrogen and oxygen atoms in total. The van der Waals surface area contributed by atoms with Crippen molar-refractivity contribution in [3.63, 3.8) is 0 Å². The Bertz CT molecular complexity index is 799. The maximum Gasteiger partial charge on any atom is 0.256 e. The number of amides is 1. The van der Waals surface area contributed by atoms with E-state index in [9.17, 15) is 4.79 Å². The van der Waals surface area contributed by atoms with Crippen LogP contribution in [0.15, 0.2) is 30.3 Å². The molecule has 0 spiro atoms. The molecule has 1 N–H and O–H groups in total. The lowest BCUT2D eigenvalue weighted by Gasteiger charge is -2.17. The molecule has 7 heteroatoms. The molecule has 3 rings (SSSR count). The molecule has 1 aromatic carbocycles. The second kappa shape index (κ2) is 6.93. The van der Waals surface area contributed by atoms with Crippen molar-refractivity contribution in [1.82, 2.24) is 24.9 Å². The number of likely N-dealkylation sites (N-methyl/N-ethyl adjacent to an activating group) is 1. The SMILES string of the molecule is Cc1nn(-c2ccccc2)c(C)c1[C@H]1NC(=S)N(CCN(C)C)C1=O. The molecular weight excluding hydrogens is 334 g/mol. The van der Waals surface area contributed by atoms with E-state index < -0.39 is 6.04 Å². The van der Waals surface area contributed by atoms with Crippen LogP contribution in [0.3, 0.4) is 0 Å². The topological polar surface area (TPSA) is 53.4 Å². The van der Waals surface area contributed by atoms with E-state index in [0.29, 0.717) is 11.7 Å². The lowest BCUT2D eigenvalue weighted by Crippen LogP contribution is -2.36. The molecule has 0 aliphatic carbocycles. The maximum atomic E-state index is 12.9. The third kappa shape index (κ3) is 3.29. The first-order valence-electron chi connectivity index (χ1n) is 8.28. The van der Waals surface area contributed by atoms with Crippen molar-refractivity contribution in [2.45, 2.75) is 19.9 Å². The highest BCUT2D eigenvalue weighted by Gasteiger charge is 2.39. The van der Waals surface area contributed by atoms with Crippen molar-refractivity contribution < 1.29 is 4.79 Å². The second-order valence-electron chi connectivity index (χ2n) is 6.51. The summed E-state index contributed by atoms with van der Waals surface area (Å²) in [5.74, 6) is -0.00865. The smallest absolute Gasteiger partial charge is 0.256 e. The lowest BCUT2D eigenvalue weighted by molar-refractivity contribution is -0.127. The number of nitrogens with one attached hydrogen (secondary N) is 1. The van der Waals surface area contributed by atoms with Crippen molar-refractivity contribution in [3.8, 4) is 5.69 Å². The molecule has 2 heterocycles. The predicted octanol–water partition coefficient (Wildman–Crippen LogP) is 1.81. The summed E-state index contributed by atoms with van der Waals surface area (Å²) in [5, 5.41) is 8.30. The van der Waals surface area contributed by atoms with Gasteiger partial charge in [0.05, 0.1) is 11.4 Å². The Labute approximate surface area is 153 Å². The summed E-state index contributed by atoms with van der Waals surface area (Å²) in [6.45, 7) is 5.27. The van der Waals surface area contributed by atoms with Gasteiger partial charge in [0, 0.05) is 24.3 Å². The number of nitrogens with zero attached hydrogens (tertiary/aromatic N) is 4. The van der Waals surface area contributed by atoms with Crippen molar-refractivity contribution in [1.29, 1.82) is 0 Å². The van der Waals surface area contributed by atoms with Gasteiger partial charge in [0.15, 0.2) is 5.11 Å². The van der Waals surface area contributed by atoms with Crippen LogP contribution in [0.25, 0.3) is 5.69 Å². The largest absolute Gasteiger partial charge is 0.347 e. The number of hydrogen-bond acceptors (Lipinski definition) is 4. The first kappa shape index (κ1) is 17.6. The first-order chi connectivity index (χ1) is 11.9. The van der Waals surface area contributed by atoms with E-state index in [1.807, 2.05) is 67.9 Å². The molecule has 1 fully saturated rings. The van der Waals surface area contributed by atoms with E-state index in [1.54, 1.807) is 4.90 Å². The number of hydrogen-bond donors (Lipinski definition) is 1. The maximum absolute atomic E-state index is 12.9. The normalized spacial score (nSPS) is 17.5. The zero-order valence-electron chi connectivity index (χ0n) is 15.0. The fraction of sp³-hybridized carbons (Fsp3) is 0.389. The number of aryl methyl sites for hydroxylation is 1. The van der Waals surface area contributed by atoms with Crippen LogP contribution in [0.1, 0.15) is 23.0 Å². The van der Waals surface area contributed by atoms with Crippen molar-refractivity contribution in [2.24, 2.45) is 0 Å². The van der Waals surface area contributed by atoms with Gasteiger partial charge in [-0.25, -0.2) is 4.68 Å². The fourth-order valence-electron chi connectivity index (χ4n) is 3.12. The van der Waals surface area contributed by atoms with Crippen molar-refractivity contribution in [3.05, 3.63) is 47.3 Å². The fourth-order valence-corrected chi connectivity index (χ4v) is 3.42. The average Bonchev–Trinajstić information content (AvgIpc) is 3.02. The molecule has 1 aliphatic rings. The van der Waals surface area contributed by atoms with Crippen LogP contribution in [0, 0.1) is 13.8 Å². The number of aromatic nitrogens is 2. The molecule has 1 aromatic heterocycles. The minimum atomic E-state index is -0.466. The summed E-state index contributed by atoms with van der Waals surface area (Å²) in [6.07, 6.45) is 0. The van der Waals surface area contributed by atoms with Crippen LogP contribution in [-0.4, -0.2) is 57.8 Å². The predicted molar refractivity (Wildman–Crippen MR) is 102 cm³/mol. The highest BCUT2D eigenvalue weighted by molar-refractivity contribution is 7.80. The van der Waals surface area contributed by atoms with E-state index in [-0.39, 0.29) is 5.91 Å². The monoisotopic (exact) mass is 357 g/mol. The minimum Gasteiger partial charge on any atom is -0.347 e. The van der Waals surface area contributed by atoms with E-state index >= 15 is 0 Å². The van der Waals surface area contributed by atoms with Crippen molar-refractivity contribution >= 4 is 23.2 Å². The molecule has 0 bridgehead atoms. The molecule has 25 heavy (non-hydrogen) atoms. The summed E-state index contributed by atoms with van der Waals surface area (Å²) in [4.78, 5) is 16.6. The van der Waals surface area contributed by atoms with Crippen molar-refractivity contribution in [2.75, 3.05) is 27.2 Å². The standard InChI is InChI=1S/C18H23N5OS/c1-12-15(13(2)23(20-12)14-8-6-5-7-9-14)16-17(24)22(18(25)19-16)11-10-21(3)4/h5-9,16H,10-11H2,1-4H3,(H,19,25)/t16-/m1/s1. The number of rotatable bonds is 5. The van der Waals surface area contributed by atoms with Gasteiger partial charge in [-0.3, -0.25) is 9.69 Å². The van der Waals surface area contributed by atoms with Crippen LogP contribution >= 0.6 is 12.2 Å². The molecule has 0 radical (unpaired) electrons. The van der Waals surface area contributed by atoms with Crippen LogP contribution in [0.5, 0.6) is 0 Å². The Kier molecular flexibility index (Phi) is 4.87. The quantitative estimate of drug-likeness (QED) is 0.827. The third-order valence-electron chi connectivity index (χ3n) is 4.43.